The van der Waals surface area contributed by atoms with Crippen LogP contribution in [-0.4, -0.2) is 40.7 Å². The predicted molar refractivity (Wildman–Crippen MR) is 140 cm³/mol. The molecule has 4 aromatic rings. The Morgan fingerprint density at radius 3 is 2.44 bits per heavy atom. The molecule has 4 rings (SSSR count). The van der Waals surface area contributed by atoms with Gasteiger partial charge >= 0.3 is 5.97 Å². The number of para-hydroxylation sites is 1. The van der Waals surface area contributed by atoms with Crippen molar-refractivity contribution < 1.29 is 24.2 Å². The van der Waals surface area contributed by atoms with E-state index in [-0.39, 0.29) is 18.3 Å². The van der Waals surface area contributed by atoms with Gasteiger partial charge in [-0.25, -0.2) is 4.79 Å². The van der Waals surface area contributed by atoms with Gasteiger partial charge in [0.2, 0.25) is 0 Å². The third-order valence-electron chi connectivity index (χ3n) is 5.47. The van der Waals surface area contributed by atoms with E-state index in [1.165, 1.54) is 17.7 Å². The molecule has 0 fully saturated rings. The van der Waals surface area contributed by atoms with Gasteiger partial charge in [0.25, 0.3) is 0 Å². The molecule has 0 bridgehead atoms. The number of oxime groups is 1. The molecule has 36 heavy (non-hydrogen) atoms. The Morgan fingerprint density at radius 2 is 1.72 bits per heavy atom. The highest BCUT2D eigenvalue weighted by molar-refractivity contribution is 6.11. The average Bonchev–Trinajstić information content (AvgIpc) is 3.22. The number of carboxylic acid groups (broad SMARTS) is 1. The monoisotopic (exact) mass is 486 g/mol. The van der Waals surface area contributed by atoms with Crippen LogP contribution in [0.15, 0.2) is 84.1 Å². The number of aromatic nitrogens is 1. The summed E-state index contributed by atoms with van der Waals surface area (Å²) in [6.07, 6.45) is 1.95. The number of hydrogen-bond donors (Lipinski definition) is 1. The molecule has 0 aliphatic carbocycles. The third-order valence-corrected chi connectivity index (χ3v) is 5.47. The lowest BCUT2D eigenvalue weighted by molar-refractivity contribution is 0.0695. The smallest absolute Gasteiger partial charge is 0.335 e. The molecule has 0 unspecified atom stereocenters. The van der Waals surface area contributed by atoms with Crippen LogP contribution in [0, 0.1) is 0 Å². The van der Waals surface area contributed by atoms with E-state index in [9.17, 15) is 9.90 Å². The molecule has 0 saturated heterocycles. The third kappa shape index (κ3) is 6.05. The Morgan fingerprint density at radius 1 is 1.00 bits per heavy atom. The quantitative estimate of drug-likeness (QED) is 0.208. The molecule has 1 heterocycles. The Hall–Kier alpha value is -4.26. The van der Waals surface area contributed by atoms with E-state index >= 15 is 0 Å². The number of carboxylic acids is 1. The highest BCUT2D eigenvalue weighted by Gasteiger charge is 2.17. The van der Waals surface area contributed by atoms with E-state index in [2.05, 4.69) is 34.1 Å². The number of carbonyl (C=O) groups is 1. The summed E-state index contributed by atoms with van der Waals surface area (Å²) in [7, 11) is 0. The van der Waals surface area contributed by atoms with E-state index in [0.29, 0.717) is 30.4 Å². The van der Waals surface area contributed by atoms with Crippen LogP contribution in [0.3, 0.4) is 0 Å². The van der Waals surface area contributed by atoms with E-state index < -0.39 is 5.97 Å². The maximum atomic E-state index is 11.6. The highest BCUT2D eigenvalue weighted by atomic mass is 16.6. The normalized spacial score (nSPS) is 11.6. The Labute approximate surface area is 210 Å². The fraction of sp³-hybridized carbons (Fsp3) is 0.241. The molecule has 1 N–H and O–H groups in total. The van der Waals surface area contributed by atoms with Gasteiger partial charge in [-0.2, -0.15) is 0 Å². The molecule has 0 atom stereocenters. The first-order chi connectivity index (χ1) is 17.4. The van der Waals surface area contributed by atoms with Crippen LogP contribution in [0.2, 0.25) is 0 Å². The molecule has 0 aliphatic heterocycles. The van der Waals surface area contributed by atoms with Crippen molar-refractivity contribution in [1.82, 2.24) is 4.57 Å². The minimum atomic E-state index is -1.05. The molecule has 3 aromatic carbocycles. The fourth-order valence-corrected chi connectivity index (χ4v) is 3.95. The standard InChI is InChI=1S/C29H30N2O5/c1-4-35-30-27(19-34-23-14-22(29(32)33)15-24(16-23)36-20(2)3)26-18-31(17-21-10-6-5-7-11-21)28-13-9-8-12-25(26)28/h5-16,18,20H,4,17,19H2,1-3H3,(H,32,33)/b30-27+. The summed E-state index contributed by atoms with van der Waals surface area (Å²) in [6.45, 7) is 6.84. The van der Waals surface area contributed by atoms with Gasteiger partial charge in [-0.3, -0.25) is 0 Å². The van der Waals surface area contributed by atoms with Gasteiger partial charge in [-0.1, -0.05) is 53.7 Å². The Kier molecular flexibility index (Phi) is 7.90. The Bertz CT molecular complexity index is 1360. The second-order valence-electron chi connectivity index (χ2n) is 8.58. The number of hydrogen-bond acceptors (Lipinski definition) is 5. The number of rotatable bonds is 11. The lowest BCUT2D eigenvalue weighted by Crippen LogP contribution is -2.14. The number of aromatic carboxylic acids is 1. The predicted octanol–water partition coefficient (Wildman–Crippen LogP) is 5.99. The summed E-state index contributed by atoms with van der Waals surface area (Å²) in [5.41, 5.74) is 3.84. The van der Waals surface area contributed by atoms with Crippen LogP contribution in [0.25, 0.3) is 10.9 Å². The first-order valence-corrected chi connectivity index (χ1v) is 11.9. The summed E-state index contributed by atoms with van der Waals surface area (Å²) in [5.74, 6) is -0.244. The summed E-state index contributed by atoms with van der Waals surface area (Å²) >= 11 is 0. The van der Waals surface area contributed by atoms with E-state index in [1.807, 2.05) is 57.2 Å². The molecule has 1 aromatic heterocycles. The fourth-order valence-electron chi connectivity index (χ4n) is 3.95. The summed E-state index contributed by atoms with van der Waals surface area (Å²) in [4.78, 5) is 17.1. The van der Waals surface area contributed by atoms with E-state index in [4.69, 9.17) is 14.3 Å². The molecule has 0 spiro atoms. The van der Waals surface area contributed by atoms with Crippen molar-refractivity contribution in [3.63, 3.8) is 0 Å². The maximum absolute atomic E-state index is 11.6. The van der Waals surface area contributed by atoms with E-state index in [1.54, 1.807) is 6.07 Å². The van der Waals surface area contributed by atoms with Crippen LogP contribution in [0.4, 0.5) is 0 Å². The van der Waals surface area contributed by atoms with Crippen LogP contribution < -0.4 is 9.47 Å². The van der Waals surface area contributed by atoms with Gasteiger partial charge in [-0.05, 0) is 44.5 Å². The van der Waals surface area contributed by atoms with Gasteiger partial charge in [0, 0.05) is 35.3 Å². The molecule has 0 saturated carbocycles. The van der Waals surface area contributed by atoms with Crippen molar-refractivity contribution in [2.75, 3.05) is 13.2 Å². The first-order valence-electron chi connectivity index (χ1n) is 11.9. The van der Waals surface area contributed by atoms with Crippen molar-refractivity contribution in [3.8, 4) is 11.5 Å². The minimum absolute atomic E-state index is 0.0868. The Balaban J connectivity index is 1.67. The van der Waals surface area contributed by atoms with Gasteiger partial charge in [-0.15, -0.1) is 0 Å². The second-order valence-corrected chi connectivity index (χ2v) is 8.58. The van der Waals surface area contributed by atoms with Crippen molar-refractivity contribution in [1.29, 1.82) is 0 Å². The number of benzene rings is 3. The molecule has 7 nitrogen and oxygen atoms in total. The summed E-state index contributed by atoms with van der Waals surface area (Å²) < 4.78 is 13.9. The number of nitrogens with zero attached hydrogens (tertiary/aromatic N) is 2. The molecule has 7 heteroatoms. The molecule has 0 amide bonds. The van der Waals surface area contributed by atoms with Gasteiger partial charge in [0.15, 0.2) is 0 Å². The zero-order valence-electron chi connectivity index (χ0n) is 20.7. The lowest BCUT2D eigenvalue weighted by Gasteiger charge is -2.14. The highest BCUT2D eigenvalue weighted by Crippen LogP contribution is 2.26. The van der Waals surface area contributed by atoms with Crippen LogP contribution in [0.1, 0.15) is 42.3 Å². The molecule has 0 radical (unpaired) electrons. The van der Waals surface area contributed by atoms with Gasteiger partial charge in [0.1, 0.15) is 30.4 Å². The summed E-state index contributed by atoms with van der Waals surface area (Å²) in [5, 5.41) is 14.9. The largest absolute Gasteiger partial charge is 0.491 e. The molecule has 0 aliphatic rings. The second kappa shape index (κ2) is 11.4. The van der Waals surface area contributed by atoms with Crippen molar-refractivity contribution in [2.45, 2.75) is 33.4 Å². The van der Waals surface area contributed by atoms with Gasteiger partial charge in [0.05, 0.1) is 11.7 Å². The van der Waals surface area contributed by atoms with Crippen molar-refractivity contribution in [3.05, 3.63) is 95.7 Å². The van der Waals surface area contributed by atoms with E-state index in [0.717, 1.165) is 16.5 Å². The SMILES string of the molecule is CCO/N=C(\COc1cc(OC(C)C)cc(C(=O)O)c1)c1cn(Cc2ccccc2)c2ccccc12. The lowest BCUT2D eigenvalue weighted by atomic mass is 10.1. The molecular formula is C29H30N2O5. The van der Waals surface area contributed by atoms with Crippen molar-refractivity contribution >= 4 is 22.6 Å². The topological polar surface area (TPSA) is 82.3 Å². The zero-order chi connectivity index (χ0) is 25.5. The minimum Gasteiger partial charge on any atom is -0.491 e. The zero-order valence-corrected chi connectivity index (χ0v) is 20.7. The number of fused-ring (bicyclic) bond motifs is 1. The van der Waals surface area contributed by atoms with Crippen molar-refractivity contribution in [2.24, 2.45) is 5.16 Å². The van der Waals surface area contributed by atoms with Crippen LogP contribution in [-0.2, 0) is 11.4 Å². The van der Waals surface area contributed by atoms with Gasteiger partial charge < -0.3 is 24.0 Å². The number of ether oxygens (including phenoxy) is 2. The van der Waals surface area contributed by atoms with Crippen LogP contribution >= 0.6 is 0 Å². The first kappa shape index (κ1) is 24.9. The molecular weight excluding hydrogens is 456 g/mol. The van der Waals surface area contributed by atoms with Crippen LogP contribution in [0.5, 0.6) is 11.5 Å². The summed E-state index contributed by atoms with van der Waals surface area (Å²) in [6, 6.07) is 23.0. The average molecular weight is 487 g/mol. The molecule has 186 valence electrons. The maximum Gasteiger partial charge on any atom is 0.335 e.